The zero-order chi connectivity index (χ0) is 15.0. The summed E-state index contributed by atoms with van der Waals surface area (Å²) in [5.74, 6) is -0.445. The highest BCUT2D eigenvalue weighted by Gasteiger charge is 2.45. The van der Waals surface area contributed by atoms with Crippen LogP contribution in [0.1, 0.15) is 43.2 Å². The van der Waals surface area contributed by atoms with Gasteiger partial charge in [0.05, 0.1) is 17.2 Å². The molecule has 2 aliphatic heterocycles. The van der Waals surface area contributed by atoms with Gasteiger partial charge in [-0.3, -0.25) is 4.21 Å². The van der Waals surface area contributed by atoms with Gasteiger partial charge in [0.15, 0.2) is 0 Å². The minimum atomic E-state index is -0.974. The van der Waals surface area contributed by atoms with Crippen LogP contribution in [0, 0.1) is 17.1 Å². The van der Waals surface area contributed by atoms with Gasteiger partial charge < -0.3 is 5.11 Å². The van der Waals surface area contributed by atoms with E-state index in [2.05, 4.69) is 0 Å². The maximum atomic E-state index is 14.0. The van der Waals surface area contributed by atoms with E-state index in [-0.39, 0.29) is 22.5 Å². The predicted octanol–water partition coefficient (Wildman–Crippen LogP) is 2.43. The number of hydrogen-bond acceptors (Lipinski definition) is 3. The van der Waals surface area contributed by atoms with Crippen molar-refractivity contribution in [3.8, 4) is 6.07 Å². The number of halogens is 1. The Morgan fingerprint density at radius 1 is 1.38 bits per heavy atom. The summed E-state index contributed by atoms with van der Waals surface area (Å²) in [6.45, 7) is 0. The lowest BCUT2D eigenvalue weighted by atomic mass is 9.81. The van der Waals surface area contributed by atoms with Crippen LogP contribution in [-0.4, -0.2) is 25.4 Å². The molecule has 0 amide bonds. The van der Waals surface area contributed by atoms with Crippen LogP contribution in [0.15, 0.2) is 18.2 Å². The predicted molar refractivity (Wildman–Crippen MR) is 78.6 cm³/mol. The Morgan fingerprint density at radius 2 is 2.05 bits per heavy atom. The van der Waals surface area contributed by atoms with E-state index in [0.29, 0.717) is 18.4 Å². The molecule has 21 heavy (non-hydrogen) atoms. The second-order valence-electron chi connectivity index (χ2n) is 6.23. The minimum absolute atomic E-state index is 0.0453. The first-order valence-corrected chi connectivity index (χ1v) is 8.59. The molecule has 2 heterocycles. The highest BCUT2D eigenvalue weighted by Crippen LogP contribution is 2.40. The van der Waals surface area contributed by atoms with Gasteiger partial charge in [-0.15, -0.1) is 0 Å². The maximum absolute atomic E-state index is 14.0. The van der Waals surface area contributed by atoms with Gasteiger partial charge in [-0.1, -0.05) is 12.5 Å². The van der Waals surface area contributed by atoms with Crippen LogP contribution in [0.2, 0.25) is 0 Å². The molecule has 112 valence electrons. The molecule has 0 radical (unpaired) electrons. The number of fused-ring (bicyclic) bond motifs is 2. The Kier molecular flexibility index (Phi) is 3.85. The first-order valence-electron chi connectivity index (χ1n) is 7.31. The zero-order valence-corrected chi connectivity index (χ0v) is 12.5. The summed E-state index contributed by atoms with van der Waals surface area (Å²) >= 11 is 0. The van der Waals surface area contributed by atoms with Crippen LogP contribution in [-0.2, 0) is 17.2 Å². The highest BCUT2D eigenvalue weighted by atomic mass is 32.2. The fraction of sp³-hybridized carbons (Fsp3) is 0.562. The molecule has 0 aromatic heterocycles. The van der Waals surface area contributed by atoms with Crippen LogP contribution in [0.3, 0.4) is 0 Å². The average Bonchev–Trinajstić information content (AvgIpc) is 2.43. The van der Waals surface area contributed by atoms with E-state index in [1.54, 1.807) is 12.1 Å². The van der Waals surface area contributed by atoms with Crippen LogP contribution >= 0.6 is 0 Å². The molecule has 2 atom stereocenters. The van der Waals surface area contributed by atoms with Crippen molar-refractivity contribution in [2.24, 2.45) is 0 Å². The van der Waals surface area contributed by atoms with Gasteiger partial charge in [-0.25, -0.2) is 4.39 Å². The van der Waals surface area contributed by atoms with Gasteiger partial charge in [0.25, 0.3) is 0 Å². The van der Waals surface area contributed by atoms with Crippen LogP contribution in [0.25, 0.3) is 0 Å². The number of aliphatic hydroxyl groups is 1. The van der Waals surface area contributed by atoms with Crippen LogP contribution < -0.4 is 0 Å². The third-order valence-electron chi connectivity index (χ3n) is 4.63. The number of hydrogen-bond donors (Lipinski definition) is 1. The molecule has 2 aliphatic rings. The van der Waals surface area contributed by atoms with Gasteiger partial charge in [0, 0.05) is 27.7 Å². The van der Waals surface area contributed by atoms with Crippen molar-refractivity contribution < 1.29 is 13.7 Å². The topological polar surface area (TPSA) is 61.1 Å². The number of nitrogens with zero attached hydrogens (tertiary/aromatic N) is 1. The number of nitriles is 1. The van der Waals surface area contributed by atoms with Crippen molar-refractivity contribution >= 4 is 10.8 Å². The summed E-state index contributed by atoms with van der Waals surface area (Å²) in [7, 11) is -0.848. The summed E-state index contributed by atoms with van der Waals surface area (Å²) in [6.07, 6.45) is 4.05. The number of benzene rings is 1. The fourth-order valence-electron chi connectivity index (χ4n) is 3.64. The summed E-state index contributed by atoms with van der Waals surface area (Å²) in [5.41, 5.74) is -0.259. The monoisotopic (exact) mass is 307 g/mol. The Hall–Kier alpha value is -1.25. The summed E-state index contributed by atoms with van der Waals surface area (Å²) in [6, 6.07) is 6.26. The molecule has 1 N–H and O–H groups in total. The molecular formula is C16H18FNO2S. The van der Waals surface area contributed by atoms with Crippen molar-refractivity contribution in [1.82, 2.24) is 0 Å². The van der Waals surface area contributed by atoms with Gasteiger partial charge in [-0.05, 0) is 43.4 Å². The Balaban J connectivity index is 1.81. The Morgan fingerprint density at radius 3 is 2.62 bits per heavy atom. The molecule has 1 aromatic rings. The smallest absolute Gasteiger partial charge is 0.127 e. The molecule has 0 aliphatic carbocycles. The summed E-state index contributed by atoms with van der Waals surface area (Å²) in [5, 5.41) is 19.7. The molecular weight excluding hydrogens is 289 g/mol. The molecule has 2 bridgehead atoms. The van der Waals surface area contributed by atoms with Crippen molar-refractivity contribution in [3.05, 3.63) is 35.1 Å². The molecule has 0 saturated carbocycles. The zero-order valence-electron chi connectivity index (χ0n) is 11.7. The quantitative estimate of drug-likeness (QED) is 0.913. The van der Waals surface area contributed by atoms with Gasteiger partial charge in [0.2, 0.25) is 0 Å². The van der Waals surface area contributed by atoms with E-state index in [9.17, 15) is 13.7 Å². The second-order valence-corrected chi connectivity index (χ2v) is 8.22. The normalized spacial score (nSPS) is 35.2. The Labute approximate surface area is 126 Å². The van der Waals surface area contributed by atoms with E-state index < -0.39 is 22.2 Å². The lowest BCUT2D eigenvalue weighted by molar-refractivity contribution is 0.0107. The Bertz CT molecular complexity index is 609. The van der Waals surface area contributed by atoms with Crippen molar-refractivity contribution in [1.29, 1.82) is 5.26 Å². The SMILES string of the molecule is N#Cc1ccc(CC2(O)CC3CCCC(C2)S3=O)c(F)c1. The maximum Gasteiger partial charge on any atom is 0.127 e. The third-order valence-corrected chi connectivity index (χ3v) is 6.75. The molecule has 5 heteroatoms. The van der Waals surface area contributed by atoms with Gasteiger partial charge >= 0.3 is 0 Å². The molecule has 2 fully saturated rings. The highest BCUT2D eigenvalue weighted by molar-refractivity contribution is 7.86. The average molecular weight is 307 g/mol. The molecule has 0 spiro atoms. The van der Waals surface area contributed by atoms with E-state index in [1.807, 2.05) is 6.07 Å². The fourth-order valence-corrected chi connectivity index (χ4v) is 5.93. The standard InChI is InChI=1S/C16H18FNO2S/c17-15-6-11(10-18)4-5-12(15)7-16(19)8-13-2-1-3-14(9-16)21(13)20/h4-6,13-14,19H,1-3,7-9H2. The molecule has 2 unspecified atom stereocenters. The molecule has 1 aromatic carbocycles. The first-order chi connectivity index (χ1) is 10.0. The third kappa shape index (κ3) is 2.88. The second kappa shape index (κ2) is 5.51. The minimum Gasteiger partial charge on any atom is -0.389 e. The van der Waals surface area contributed by atoms with Gasteiger partial charge in [-0.2, -0.15) is 5.26 Å². The van der Waals surface area contributed by atoms with E-state index >= 15 is 0 Å². The largest absolute Gasteiger partial charge is 0.389 e. The van der Waals surface area contributed by atoms with E-state index in [0.717, 1.165) is 19.3 Å². The summed E-state index contributed by atoms with van der Waals surface area (Å²) < 4.78 is 26.2. The lowest BCUT2D eigenvalue weighted by Crippen LogP contribution is -2.50. The summed E-state index contributed by atoms with van der Waals surface area (Å²) in [4.78, 5) is 0. The van der Waals surface area contributed by atoms with Crippen molar-refractivity contribution in [2.45, 2.75) is 54.6 Å². The molecule has 2 saturated heterocycles. The van der Waals surface area contributed by atoms with Crippen LogP contribution in [0.5, 0.6) is 0 Å². The van der Waals surface area contributed by atoms with E-state index in [4.69, 9.17) is 5.26 Å². The van der Waals surface area contributed by atoms with E-state index in [1.165, 1.54) is 6.07 Å². The lowest BCUT2D eigenvalue weighted by Gasteiger charge is -2.43. The van der Waals surface area contributed by atoms with Crippen molar-refractivity contribution in [2.75, 3.05) is 0 Å². The molecule has 3 nitrogen and oxygen atoms in total. The van der Waals surface area contributed by atoms with Crippen molar-refractivity contribution in [3.63, 3.8) is 0 Å². The number of rotatable bonds is 2. The van der Waals surface area contributed by atoms with Gasteiger partial charge in [0.1, 0.15) is 5.82 Å². The first kappa shape index (κ1) is 14.7. The van der Waals surface area contributed by atoms with Crippen LogP contribution in [0.4, 0.5) is 4.39 Å². The molecule has 3 rings (SSSR count).